The van der Waals surface area contributed by atoms with Crippen LogP contribution in [0.25, 0.3) is 127 Å². The Morgan fingerprint density at radius 3 is 1.35 bits per heavy atom. The molecule has 0 unspecified atom stereocenters. The van der Waals surface area contributed by atoms with Gasteiger partial charge in [-0.1, -0.05) is 263 Å². The van der Waals surface area contributed by atoms with E-state index in [1.54, 1.807) is 0 Å². The molecule has 0 radical (unpaired) electrons. The van der Waals surface area contributed by atoms with Crippen molar-refractivity contribution in [3.63, 3.8) is 0 Å². The van der Waals surface area contributed by atoms with E-state index >= 15 is 0 Å². The van der Waals surface area contributed by atoms with Gasteiger partial charge in [-0.2, -0.15) is 0 Å². The highest BCUT2D eigenvalue weighted by Crippen LogP contribution is 2.54. The van der Waals surface area contributed by atoms with Crippen molar-refractivity contribution in [1.29, 1.82) is 0 Å². The Balaban J connectivity index is 0.763. The van der Waals surface area contributed by atoms with Gasteiger partial charge in [0, 0.05) is 38.9 Å². The van der Waals surface area contributed by atoms with E-state index in [0.29, 0.717) is 0 Å². The predicted octanol–water partition coefficient (Wildman–Crippen LogP) is 24.5. The number of hydrogen-bond acceptors (Lipinski definition) is 1. The third-order valence-corrected chi connectivity index (χ3v) is 19.5. The summed E-state index contributed by atoms with van der Waals surface area (Å²) in [6, 6.07) is 117. The van der Waals surface area contributed by atoms with Gasteiger partial charge in [-0.3, -0.25) is 0 Å². The van der Waals surface area contributed by atoms with Gasteiger partial charge in [0.25, 0.3) is 0 Å². The Bertz CT molecular complexity index is 5340. The summed E-state index contributed by atoms with van der Waals surface area (Å²) in [5, 5.41) is 7.49. The van der Waals surface area contributed by atoms with Gasteiger partial charge in [0.15, 0.2) is 0 Å². The summed E-state index contributed by atoms with van der Waals surface area (Å²) in [6.07, 6.45) is 6.67. The first kappa shape index (κ1) is 53.9. The fraction of sp³-hybridized carbons (Fsp3) is 0.0562. The zero-order chi connectivity index (χ0) is 60.6. The van der Waals surface area contributed by atoms with Crippen LogP contribution in [0.3, 0.4) is 0 Å². The lowest BCUT2D eigenvalue weighted by atomic mass is 9.80. The molecule has 1 aromatic heterocycles. The van der Waals surface area contributed by atoms with Crippen LogP contribution in [0.1, 0.15) is 48.9 Å². The highest BCUT2D eigenvalue weighted by atomic mass is 15.1. The summed E-state index contributed by atoms with van der Waals surface area (Å²) >= 11 is 0. The van der Waals surface area contributed by atoms with Crippen LogP contribution in [-0.4, -0.2) is 4.57 Å². The highest BCUT2D eigenvalue weighted by Gasteiger charge is 2.37. The maximum atomic E-state index is 2.50. The Hall–Kier alpha value is -11.3. The van der Waals surface area contributed by atoms with Gasteiger partial charge in [0.2, 0.25) is 0 Å². The van der Waals surface area contributed by atoms with Crippen molar-refractivity contribution in [2.75, 3.05) is 4.90 Å². The molecule has 430 valence electrons. The average molecular weight is 1160 g/mol. The summed E-state index contributed by atoms with van der Waals surface area (Å²) in [4.78, 5) is 2.43. The lowest BCUT2D eigenvalue weighted by Gasteiger charge is -2.28. The average Bonchev–Trinajstić information content (AvgIpc) is 1.70. The van der Waals surface area contributed by atoms with Crippen molar-refractivity contribution >= 4 is 71.6 Å². The summed E-state index contributed by atoms with van der Waals surface area (Å²) in [6.45, 7) is 4.83. The van der Waals surface area contributed by atoms with Crippen LogP contribution in [0.4, 0.5) is 17.1 Å². The van der Waals surface area contributed by atoms with E-state index in [-0.39, 0.29) is 5.41 Å². The number of hydrogen-bond donors (Lipinski definition) is 0. The second-order valence-corrected chi connectivity index (χ2v) is 25.0. The summed E-state index contributed by atoms with van der Waals surface area (Å²) < 4.78 is 2.47. The minimum atomic E-state index is -0.295. The van der Waals surface area contributed by atoms with Crippen molar-refractivity contribution in [2.45, 2.75) is 32.1 Å². The Morgan fingerprint density at radius 1 is 0.308 bits per heavy atom. The maximum absolute atomic E-state index is 2.50. The molecule has 0 N–H and O–H groups in total. The number of aromatic nitrogens is 1. The molecular formula is C89H64N2. The van der Waals surface area contributed by atoms with E-state index in [9.17, 15) is 0 Å². The molecule has 2 nitrogen and oxygen atoms in total. The lowest BCUT2D eigenvalue weighted by Crippen LogP contribution is -2.16. The number of allylic oxidation sites excluding steroid dienone is 4. The zero-order valence-electron chi connectivity index (χ0n) is 51.0. The second kappa shape index (κ2) is 22.1. The summed E-state index contributed by atoms with van der Waals surface area (Å²) in [5.74, 6) is 0. The molecule has 0 saturated carbocycles. The lowest BCUT2D eigenvalue weighted by molar-refractivity contribution is 0.660. The van der Waals surface area contributed by atoms with E-state index in [4.69, 9.17) is 0 Å². The largest absolute Gasteiger partial charge is 0.310 e. The standard InChI is InChI=1S/C89H64N2/c1-89(2)83-57-64(87-77-39-21-23-41-79(77)88(80-42-24-22-40-78(80)87)76-38-20-19-35-71(76)61-29-11-5-12-30-61)43-51-74(83)75-52-50-68(58-84(75)89)90(65-31-13-6-14-32-65)66-46-48-67(49-47-66)91-85-53-44-62(72-36-17-15-33-69(72)59-25-7-3-8-26-59)55-81(85)82-56-63(45-54-86(82)91)73-37-18-16-34-70(73)60-27-9-4-10-28-60/h3-17,19-36,38-58H,18,37H2,1-2H3. The smallest absolute Gasteiger partial charge is 0.0541 e. The van der Waals surface area contributed by atoms with Crippen LogP contribution in [0.5, 0.6) is 0 Å². The number of fused-ring (bicyclic) bond motifs is 8. The van der Waals surface area contributed by atoms with Crippen molar-refractivity contribution in [3.05, 3.63) is 350 Å². The minimum Gasteiger partial charge on any atom is -0.310 e. The van der Waals surface area contributed by atoms with Crippen molar-refractivity contribution < 1.29 is 0 Å². The molecule has 2 aliphatic carbocycles. The summed E-state index contributed by atoms with van der Waals surface area (Å²) in [5.41, 5.74) is 29.3. The molecule has 0 saturated heterocycles. The Labute approximate surface area is 532 Å². The fourth-order valence-electron chi connectivity index (χ4n) is 15.2. The van der Waals surface area contributed by atoms with Crippen LogP contribution >= 0.6 is 0 Å². The number of para-hydroxylation sites is 1. The van der Waals surface area contributed by atoms with Crippen molar-refractivity contribution in [2.24, 2.45) is 0 Å². The van der Waals surface area contributed by atoms with Gasteiger partial charge >= 0.3 is 0 Å². The molecule has 1 heterocycles. The Morgan fingerprint density at radius 2 is 0.747 bits per heavy atom. The van der Waals surface area contributed by atoms with Crippen molar-refractivity contribution in [3.8, 4) is 72.4 Å². The van der Waals surface area contributed by atoms with E-state index in [0.717, 1.165) is 35.6 Å². The van der Waals surface area contributed by atoms with E-state index in [2.05, 4.69) is 351 Å². The van der Waals surface area contributed by atoms with Gasteiger partial charge in [0.1, 0.15) is 0 Å². The quantitative estimate of drug-likeness (QED) is 0.117. The fourth-order valence-corrected chi connectivity index (χ4v) is 15.2. The summed E-state index contributed by atoms with van der Waals surface area (Å²) in [7, 11) is 0. The van der Waals surface area contributed by atoms with Gasteiger partial charge < -0.3 is 9.47 Å². The normalized spacial score (nSPS) is 13.3. The van der Waals surface area contributed by atoms with Gasteiger partial charge in [-0.25, -0.2) is 0 Å². The molecule has 2 heteroatoms. The molecular weight excluding hydrogens is 1100 g/mol. The maximum Gasteiger partial charge on any atom is 0.0541 e. The number of benzene rings is 14. The third kappa shape index (κ3) is 9.08. The monoisotopic (exact) mass is 1160 g/mol. The molecule has 2 aliphatic rings. The Kier molecular flexibility index (Phi) is 13.1. The highest BCUT2D eigenvalue weighted by molar-refractivity contribution is 6.23. The third-order valence-electron chi connectivity index (χ3n) is 19.5. The van der Waals surface area contributed by atoms with Crippen LogP contribution in [0, 0.1) is 0 Å². The molecule has 0 atom stereocenters. The van der Waals surface area contributed by atoms with Crippen LogP contribution in [0.2, 0.25) is 0 Å². The minimum absolute atomic E-state index is 0.295. The van der Waals surface area contributed by atoms with E-state index < -0.39 is 0 Å². The van der Waals surface area contributed by atoms with Crippen molar-refractivity contribution in [1.82, 2.24) is 4.57 Å². The molecule has 0 amide bonds. The van der Waals surface area contributed by atoms with E-state index in [1.807, 2.05) is 0 Å². The number of rotatable bonds is 11. The molecule has 14 aromatic carbocycles. The van der Waals surface area contributed by atoms with Gasteiger partial charge in [-0.15, -0.1) is 0 Å². The van der Waals surface area contributed by atoms with Crippen LogP contribution in [0.15, 0.2) is 328 Å². The van der Waals surface area contributed by atoms with Crippen LogP contribution in [-0.2, 0) is 5.41 Å². The molecule has 0 fully saturated rings. The first-order chi connectivity index (χ1) is 44.9. The van der Waals surface area contributed by atoms with E-state index in [1.165, 1.54) is 144 Å². The molecule has 0 bridgehead atoms. The molecule has 0 aliphatic heterocycles. The van der Waals surface area contributed by atoms with Gasteiger partial charge in [0.05, 0.1) is 11.0 Å². The molecule has 91 heavy (non-hydrogen) atoms. The second-order valence-electron chi connectivity index (χ2n) is 25.0. The first-order valence-corrected chi connectivity index (χ1v) is 32.0. The zero-order valence-corrected chi connectivity index (χ0v) is 51.0. The predicted molar refractivity (Wildman–Crippen MR) is 387 cm³/mol. The SMILES string of the molecule is CC1(C)c2cc(-c3c4ccccc4c(-c4ccccc4-c4ccccc4)c4ccccc34)ccc2-c2ccc(N(c3ccccc3)c3ccc(-n4c5ccc(C6=C(c7ccccc7)C=CCC6)cc5c5cc(-c6ccccc6-c6ccccc6)ccc54)cc3)cc21. The van der Waals surface area contributed by atoms with Crippen LogP contribution < -0.4 is 4.90 Å². The topological polar surface area (TPSA) is 8.17 Å². The molecule has 0 spiro atoms. The number of anilines is 3. The molecule has 17 rings (SSSR count). The molecule has 15 aromatic rings. The first-order valence-electron chi connectivity index (χ1n) is 32.0. The number of nitrogens with zero attached hydrogens (tertiary/aromatic N) is 2. The van der Waals surface area contributed by atoms with Gasteiger partial charge in [-0.05, 0) is 213 Å².